The second-order valence-electron chi connectivity index (χ2n) is 5.87. The largest absolute Gasteiger partial charge is 0.333 e. The van der Waals surface area contributed by atoms with Crippen molar-refractivity contribution in [3.63, 3.8) is 0 Å². The minimum Gasteiger partial charge on any atom is -0.311 e. The van der Waals surface area contributed by atoms with Gasteiger partial charge in [0.05, 0.1) is 4.92 Å². The number of nitro benzene ring substituents is 1. The normalized spacial score (nSPS) is 14.7. The maximum atomic E-state index is 12.4. The first kappa shape index (κ1) is 19.2. The number of urea groups is 1. The number of amides is 4. The monoisotopic (exact) mass is 402 g/mol. The van der Waals surface area contributed by atoms with Crippen molar-refractivity contribution in [3.05, 3.63) is 45.8 Å². The zero-order valence-corrected chi connectivity index (χ0v) is 15.8. The Morgan fingerprint density at radius 3 is 2.29 bits per heavy atom. The van der Waals surface area contributed by atoms with E-state index in [9.17, 15) is 24.5 Å². The van der Waals surface area contributed by atoms with Gasteiger partial charge in [0.15, 0.2) is 5.16 Å². The van der Waals surface area contributed by atoms with E-state index in [1.54, 1.807) is 11.6 Å². The summed E-state index contributed by atoms with van der Waals surface area (Å²) in [5.74, 6) is -1.57. The van der Waals surface area contributed by atoms with E-state index in [1.165, 1.54) is 56.5 Å². The zero-order chi connectivity index (χ0) is 20.6. The van der Waals surface area contributed by atoms with Crippen LogP contribution in [0.5, 0.6) is 0 Å². The average Bonchev–Trinajstić information content (AvgIpc) is 3.07. The molecule has 0 N–H and O–H groups in total. The lowest BCUT2D eigenvalue weighted by Crippen LogP contribution is -2.52. The Hall–Kier alpha value is -3.54. The van der Waals surface area contributed by atoms with Gasteiger partial charge in [-0.3, -0.25) is 29.5 Å². The highest BCUT2D eigenvalue weighted by Crippen LogP contribution is 2.33. The average molecular weight is 402 g/mol. The van der Waals surface area contributed by atoms with Crippen molar-refractivity contribution in [2.75, 3.05) is 14.1 Å². The number of nitrogens with zero attached hydrogens (tertiary/aromatic N) is 6. The van der Waals surface area contributed by atoms with Crippen LogP contribution in [0.1, 0.15) is 5.56 Å². The maximum Gasteiger partial charge on any atom is 0.333 e. The molecule has 3 rings (SSSR count). The smallest absolute Gasteiger partial charge is 0.311 e. The molecule has 28 heavy (non-hydrogen) atoms. The molecule has 1 aliphatic heterocycles. The second kappa shape index (κ2) is 7.23. The molecule has 144 valence electrons. The third-order valence-electron chi connectivity index (χ3n) is 4.02. The van der Waals surface area contributed by atoms with Crippen LogP contribution in [-0.4, -0.2) is 61.4 Å². The van der Waals surface area contributed by atoms with Crippen LogP contribution in [0.15, 0.2) is 40.2 Å². The highest BCUT2D eigenvalue weighted by Gasteiger charge is 2.38. The van der Waals surface area contributed by atoms with Crippen LogP contribution in [-0.2, 0) is 16.6 Å². The van der Waals surface area contributed by atoms with Crippen LogP contribution in [0, 0.1) is 10.1 Å². The molecule has 11 nitrogen and oxygen atoms in total. The molecule has 0 unspecified atom stereocenters. The molecule has 1 aliphatic rings. The van der Waals surface area contributed by atoms with Crippen LogP contribution in [0.4, 0.5) is 10.5 Å². The van der Waals surface area contributed by atoms with E-state index in [-0.39, 0.29) is 16.8 Å². The molecule has 1 fully saturated rings. The van der Waals surface area contributed by atoms with Gasteiger partial charge >= 0.3 is 6.03 Å². The maximum absolute atomic E-state index is 12.4. The van der Waals surface area contributed by atoms with Gasteiger partial charge in [-0.05, 0) is 29.5 Å². The number of carbonyl (C=O) groups excluding carboxylic acids is 3. The molecule has 1 aromatic heterocycles. The van der Waals surface area contributed by atoms with Crippen molar-refractivity contribution >= 4 is 41.4 Å². The van der Waals surface area contributed by atoms with E-state index in [1.807, 2.05) is 0 Å². The summed E-state index contributed by atoms with van der Waals surface area (Å²) in [6.45, 7) is 0. The van der Waals surface area contributed by atoms with Gasteiger partial charge in [-0.25, -0.2) is 4.79 Å². The molecule has 1 aromatic carbocycles. The number of aromatic nitrogens is 3. The summed E-state index contributed by atoms with van der Waals surface area (Å²) in [5.41, 5.74) is -0.206. The molecule has 1 saturated heterocycles. The van der Waals surface area contributed by atoms with Gasteiger partial charge in [-0.1, -0.05) is 0 Å². The van der Waals surface area contributed by atoms with Crippen LogP contribution in [0.2, 0.25) is 0 Å². The summed E-state index contributed by atoms with van der Waals surface area (Å²) in [5, 5.41) is 19.4. The number of hydrogen-bond acceptors (Lipinski definition) is 8. The molecule has 4 amide bonds. The van der Waals surface area contributed by atoms with Gasteiger partial charge in [0.1, 0.15) is 11.9 Å². The number of carbonyl (C=O) groups is 3. The zero-order valence-electron chi connectivity index (χ0n) is 15.0. The van der Waals surface area contributed by atoms with Gasteiger partial charge in [-0.2, -0.15) is 0 Å². The fourth-order valence-electron chi connectivity index (χ4n) is 2.45. The lowest BCUT2D eigenvalue weighted by Gasteiger charge is -2.28. The quantitative estimate of drug-likeness (QED) is 0.324. The second-order valence-corrected chi connectivity index (χ2v) is 6.88. The molecule has 0 aliphatic carbocycles. The van der Waals surface area contributed by atoms with Gasteiger partial charge in [0, 0.05) is 38.2 Å². The third-order valence-corrected chi connectivity index (χ3v) is 5.16. The van der Waals surface area contributed by atoms with Crippen molar-refractivity contribution in [1.82, 2.24) is 24.6 Å². The fourth-order valence-corrected chi connectivity index (χ4v) is 3.30. The molecule has 0 saturated carbocycles. The first-order valence-electron chi connectivity index (χ1n) is 7.82. The van der Waals surface area contributed by atoms with Gasteiger partial charge < -0.3 is 4.57 Å². The van der Waals surface area contributed by atoms with Crippen LogP contribution >= 0.6 is 11.8 Å². The minimum absolute atomic E-state index is 0.206. The summed E-state index contributed by atoms with van der Waals surface area (Å²) in [4.78, 5) is 49.4. The molecule has 12 heteroatoms. The van der Waals surface area contributed by atoms with Crippen molar-refractivity contribution in [1.29, 1.82) is 0 Å². The number of aryl methyl sites for hydroxylation is 1. The Bertz CT molecular complexity index is 1020. The SMILES string of the molecule is CN1C(=O)C(=Cc2cc([N+](=O)[O-])ccc2Sc2nncn2C)C(=O)N(C)C1=O. The lowest BCUT2D eigenvalue weighted by atomic mass is 10.1. The Balaban J connectivity index is 2.11. The molecule has 0 atom stereocenters. The number of likely N-dealkylation sites (N-methyl/N-ethyl adjacent to an activating group) is 2. The van der Waals surface area contributed by atoms with Gasteiger partial charge in [-0.15, -0.1) is 10.2 Å². The van der Waals surface area contributed by atoms with Crippen LogP contribution < -0.4 is 0 Å². The number of hydrogen-bond donors (Lipinski definition) is 0. The van der Waals surface area contributed by atoms with E-state index in [0.717, 1.165) is 9.80 Å². The highest BCUT2D eigenvalue weighted by molar-refractivity contribution is 7.99. The van der Waals surface area contributed by atoms with Crippen LogP contribution in [0.25, 0.3) is 6.08 Å². The first-order chi connectivity index (χ1) is 13.2. The Morgan fingerprint density at radius 2 is 1.75 bits per heavy atom. The Labute approximate surface area is 162 Å². The summed E-state index contributed by atoms with van der Waals surface area (Å²) >= 11 is 1.17. The summed E-state index contributed by atoms with van der Waals surface area (Å²) in [6.07, 6.45) is 2.74. The minimum atomic E-state index is -0.783. The fraction of sp³-hybridized carbons (Fsp3) is 0.188. The topological polar surface area (TPSA) is 132 Å². The van der Waals surface area contributed by atoms with E-state index < -0.39 is 22.8 Å². The van der Waals surface area contributed by atoms with E-state index in [0.29, 0.717) is 10.1 Å². The van der Waals surface area contributed by atoms with Gasteiger partial charge in [0.2, 0.25) is 0 Å². The van der Waals surface area contributed by atoms with Gasteiger partial charge in [0.25, 0.3) is 17.5 Å². The first-order valence-corrected chi connectivity index (χ1v) is 8.64. The van der Waals surface area contributed by atoms with Crippen molar-refractivity contribution < 1.29 is 19.3 Å². The summed E-state index contributed by atoms with van der Waals surface area (Å²) < 4.78 is 1.65. The molecule has 0 bridgehead atoms. The summed E-state index contributed by atoms with van der Waals surface area (Å²) in [6, 6.07) is 3.32. The predicted octanol–water partition coefficient (Wildman–Crippen LogP) is 1.31. The number of imide groups is 2. The molecular weight excluding hydrogens is 388 g/mol. The number of rotatable bonds is 4. The number of barbiturate groups is 1. The summed E-state index contributed by atoms with van der Waals surface area (Å²) in [7, 11) is 4.24. The molecule has 0 radical (unpaired) electrons. The van der Waals surface area contributed by atoms with Crippen LogP contribution in [0.3, 0.4) is 0 Å². The molecular formula is C16H14N6O5S. The van der Waals surface area contributed by atoms with Crippen molar-refractivity contribution in [3.8, 4) is 0 Å². The van der Waals surface area contributed by atoms with E-state index in [4.69, 9.17) is 0 Å². The number of non-ortho nitro benzene ring substituents is 1. The highest BCUT2D eigenvalue weighted by atomic mass is 32.2. The number of nitro groups is 1. The molecule has 2 heterocycles. The Kier molecular flexibility index (Phi) is 4.96. The standard InChI is InChI=1S/C16H14N6O5S/c1-19-8-17-18-15(19)28-12-5-4-10(22(26)27)6-9(12)7-11-13(23)20(2)16(25)21(3)14(11)24/h4-8H,1-3H3. The molecule has 0 spiro atoms. The third kappa shape index (κ3) is 3.36. The van der Waals surface area contributed by atoms with Crippen molar-refractivity contribution in [2.24, 2.45) is 7.05 Å². The predicted molar refractivity (Wildman–Crippen MR) is 97.1 cm³/mol. The molecule has 2 aromatic rings. The van der Waals surface area contributed by atoms with E-state index in [2.05, 4.69) is 10.2 Å². The number of benzene rings is 1. The van der Waals surface area contributed by atoms with Crippen molar-refractivity contribution in [2.45, 2.75) is 10.1 Å². The van der Waals surface area contributed by atoms with E-state index >= 15 is 0 Å². The lowest BCUT2D eigenvalue weighted by molar-refractivity contribution is -0.384. The Morgan fingerprint density at radius 1 is 1.11 bits per heavy atom.